The maximum atomic E-state index is 10.5. The lowest BCUT2D eigenvalue weighted by Gasteiger charge is -2.59. The lowest BCUT2D eigenvalue weighted by molar-refractivity contribution is -0.147. The molecule has 0 aliphatic heterocycles. The second-order valence-corrected chi connectivity index (χ2v) is 6.05. The SMILES string of the molecule is CC=CC12CC3CC(CC(O)(C3)C1)C2. The summed E-state index contributed by atoms with van der Waals surface area (Å²) in [6.45, 7) is 2.11. The zero-order chi connectivity index (χ0) is 9.81. The van der Waals surface area contributed by atoms with E-state index >= 15 is 0 Å². The minimum Gasteiger partial charge on any atom is -0.390 e. The molecule has 4 bridgehead atoms. The van der Waals surface area contributed by atoms with Gasteiger partial charge < -0.3 is 5.11 Å². The minimum atomic E-state index is -0.288. The van der Waals surface area contributed by atoms with Gasteiger partial charge in [0.05, 0.1) is 5.60 Å². The summed E-state index contributed by atoms with van der Waals surface area (Å²) in [7, 11) is 0. The topological polar surface area (TPSA) is 20.2 Å². The molecular weight excluding hydrogens is 172 g/mol. The molecule has 4 rings (SSSR count). The Labute approximate surface area is 86.2 Å². The van der Waals surface area contributed by atoms with Crippen LogP contribution in [0, 0.1) is 17.3 Å². The molecule has 0 aromatic rings. The molecule has 4 aliphatic rings. The zero-order valence-electron chi connectivity index (χ0n) is 9.00. The molecule has 0 aromatic carbocycles. The molecule has 1 heteroatoms. The molecule has 4 aliphatic carbocycles. The Kier molecular flexibility index (Phi) is 1.69. The Hall–Kier alpha value is -0.300. The van der Waals surface area contributed by atoms with E-state index in [1.54, 1.807) is 0 Å². The fourth-order valence-corrected chi connectivity index (χ4v) is 4.83. The van der Waals surface area contributed by atoms with Gasteiger partial charge in [-0.3, -0.25) is 0 Å². The summed E-state index contributed by atoms with van der Waals surface area (Å²) in [5.74, 6) is 1.63. The first-order chi connectivity index (χ1) is 6.63. The van der Waals surface area contributed by atoms with Gasteiger partial charge in [-0.15, -0.1) is 0 Å². The highest BCUT2D eigenvalue weighted by atomic mass is 16.3. The summed E-state index contributed by atoms with van der Waals surface area (Å²) in [6.07, 6.45) is 11.9. The first-order valence-corrected chi connectivity index (χ1v) is 5.99. The van der Waals surface area contributed by atoms with Gasteiger partial charge in [0.15, 0.2) is 0 Å². The van der Waals surface area contributed by atoms with Crippen LogP contribution in [0.2, 0.25) is 0 Å². The van der Waals surface area contributed by atoms with Crippen LogP contribution in [-0.2, 0) is 0 Å². The second-order valence-electron chi connectivity index (χ2n) is 6.05. The zero-order valence-corrected chi connectivity index (χ0v) is 9.00. The number of hydrogen-bond acceptors (Lipinski definition) is 1. The van der Waals surface area contributed by atoms with E-state index in [9.17, 15) is 5.11 Å². The summed E-state index contributed by atoms with van der Waals surface area (Å²) in [5, 5.41) is 10.5. The van der Waals surface area contributed by atoms with Crippen molar-refractivity contribution in [3.63, 3.8) is 0 Å². The van der Waals surface area contributed by atoms with Crippen molar-refractivity contribution in [1.82, 2.24) is 0 Å². The van der Waals surface area contributed by atoms with E-state index in [1.807, 2.05) is 0 Å². The third-order valence-electron chi connectivity index (χ3n) is 4.60. The van der Waals surface area contributed by atoms with Crippen LogP contribution in [0.3, 0.4) is 0 Å². The predicted molar refractivity (Wildman–Crippen MR) is 56.9 cm³/mol. The van der Waals surface area contributed by atoms with Crippen LogP contribution in [0.4, 0.5) is 0 Å². The summed E-state index contributed by atoms with van der Waals surface area (Å²) in [6, 6.07) is 0. The molecule has 0 saturated heterocycles. The highest BCUT2D eigenvalue weighted by Crippen LogP contribution is 2.62. The van der Waals surface area contributed by atoms with Crippen LogP contribution in [0.1, 0.15) is 45.4 Å². The molecular formula is C13H20O. The average Bonchev–Trinajstić information content (AvgIpc) is 1.97. The summed E-state index contributed by atoms with van der Waals surface area (Å²) >= 11 is 0. The Morgan fingerprint density at radius 3 is 2.29 bits per heavy atom. The van der Waals surface area contributed by atoms with Crippen molar-refractivity contribution in [1.29, 1.82) is 0 Å². The van der Waals surface area contributed by atoms with Crippen molar-refractivity contribution in [2.24, 2.45) is 17.3 Å². The highest BCUT2D eigenvalue weighted by Gasteiger charge is 2.55. The summed E-state index contributed by atoms with van der Waals surface area (Å²) in [5.41, 5.74) is 0.0944. The number of rotatable bonds is 1. The van der Waals surface area contributed by atoms with Crippen molar-refractivity contribution in [2.75, 3.05) is 0 Å². The summed E-state index contributed by atoms with van der Waals surface area (Å²) < 4.78 is 0. The molecule has 0 radical (unpaired) electrons. The predicted octanol–water partition coefficient (Wildman–Crippen LogP) is 2.89. The van der Waals surface area contributed by atoms with Gasteiger partial charge in [0.1, 0.15) is 0 Å². The second kappa shape index (κ2) is 2.63. The van der Waals surface area contributed by atoms with Crippen LogP contribution >= 0.6 is 0 Å². The fraction of sp³-hybridized carbons (Fsp3) is 0.846. The fourth-order valence-electron chi connectivity index (χ4n) is 4.83. The van der Waals surface area contributed by atoms with E-state index in [0.29, 0.717) is 5.41 Å². The molecule has 4 saturated carbocycles. The van der Waals surface area contributed by atoms with Gasteiger partial charge in [-0.1, -0.05) is 12.2 Å². The lowest BCUT2D eigenvalue weighted by Crippen LogP contribution is -2.54. The van der Waals surface area contributed by atoms with E-state index < -0.39 is 0 Å². The third-order valence-corrected chi connectivity index (χ3v) is 4.60. The maximum absolute atomic E-state index is 10.5. The molecule has 0 amide bonds. The Morgan fingerprint density at radius 1 is 1.14 bits per heavy atom. The van der Waals surface area contributed by atoms with Crippen molar-refractivity contribution >= 4 is 0 Å². The van der Waals surface area contributed by atoms with Crippen molar-refractivity contribution < 1.29 is 5.11 Å². The van der Waals surface area contributed by atoms with Crippen LogP contribution in [0.25, 0.3) is 0 Å². The largest absolute Gasteiger partial charge is 0.390 e. The standard InChI is InChI=1S/C13H20O/c1-2-3-12-5-10-4-11(6-12)8-13(14,7-10)9-12/h2-3,10-11,14H,4-9H2,1H3. The number of hydrogen-bond donors (Lipinski definition) is 1. The van der Waals surface area contributed by atoms with E-state index in [-0.39, 0.29) is 5.60 Å². The van der Waals surface area contributed by atoms with Gasteiger partial charge >= 0.3 is 0 Å². The molecule has 14 heavy (non-hydrogen) atoms. The normalized spacial score (nSPS) is 55.9. The van der Waals surface area contributed by atoms with Gasteiger partial charge in [-0.25, -0.2) is 0 Å². The molecule has 1 nitrogen and oxygen atoms in total. The van der Waals surface area contributed by atoms with E-state index in [0.717, 1.165) is 31.1 Å². The van der Waals surface area contributed by atoms with Crippen molar-refractivity contribution in [2.45, 2.75) is 51.0 Å². The monoisotopic (exact) mass is 192 g/mol. The smallest absolute Gasteiger partial charge is 0.0661 e. The van der Waals surface area contributed by atoms with Crippen molar-refractivity contribution in [3.8, 4) is 0 Å². The first-order valence-electron chi connectivity index (χ1n) is 5.99. The molecule has 0 heterocycles. The van der Waals surface area contributed by atoms with Gasteiger partial charge in [0, 0.05) is 0 Å². The van der Waals surface area contributed by atoms with Crippen LogP contribution < -0.4 is 0 Å². The van der Waals surface area contributed by atoms with Gasteiger partial charge in [0.2, 0.25) is 0 Å². The number of allylic oxidation sites excluding steroid dienone is 2. The Morgan fingerprint density at radius 2 is 1.79 bits per heavy atom. The first kappa shape index (κ1) is 8.96. The molecule has 2 unspecified atom stereocenters. The van der Waals surface area contributed by atoms with Crippen LogP contribution in [-0.4, -0.2) is 10.7 Å². The number of aliphatic hydroxyl groups is 1. The molecule has 4 fully saturated rings. The van der Waals surface area contributed by atoms with Gasteiger partial charge in [0.25, 0.3) is 0 Å². The van der Waals surface area contributed by atoms with E-state index in [1.165, 1.54) is 19.3 Å². The maximum Gasteiger partial charge on any atom is 0.0661 e. The van der Waals surface area contributed by atoms with Gasteiger partial charge in [-0.05, 0) is 62.7 Å². The quantitative estimate of drug-likeness (QED) is 0.633. The Balaban J connectivity index is 1.96. The van der Waals surface area contributed by atoms with E-state index in [4.69, 9.17) is 0 Å². The Bertz CT molecular complexity index is 265. The molecule has 2 atom stereocenters. The third kappa shape index (κ3) is 1.18. The highest BCUT2D eigenvalue weighted by molar-refractivity contribution is 5.14. The van der Waals surface area contributed by atoms with Crippen molar-refractivity contribution in [3.05, 3.63) is 12.2 Å². The van der Waals surface area contributed by atoms with Gasteiger partial charge in [-0.2, -0.15) is 0 Å². The molecule has 0 spiro atoms. The molecule has 78 valence electrons. The molecule has 0 aromatic heterocycles. The van der Waals surface area contributed by atoms with Crippen LogP contribution in [0.15, 0.2) is 12.2 Å². The lowest BCUT2D eigenvalue weighted by atomic mass is 9.48. The van der Waals surface area contributed by atoms with E-state index in [2.05, 4.69) is 19.1 Å². The summed E-state index contributed by atoms with van der Waals surface area (Å²) in [4.78, 5) is 0. The average molecular weight is 192 g/mol. The van der Waals surface area contributed by atoms with Crippen LogP contribution in [0.5, 0.6) is 0 Å². The molecule has 1 N–H and O–H groups in total. The minimum absolute atomic E-state index is 0.288.